The molecule has 0 saturated heterocycles. The van der Waals surface area contributed by atoms with Crippen LogP contribution in [-0.2, 0) is 0 Å². The molecular weight excluding hydrogens is 231 g/mol. The molecule has 0 aliphatic rings. The van der Waals surface area contributed by atoms with Crippen LogP contribution in [0.2, 0.25) is 0 Å². The third kappa shape index (κ3) is 2.31. The van der Waals surface area contributed by atoms with Gasteiger partial charge >= 0.3 is 0 Å². The van der Waals surface area contributed by atoms with Crippen molar-refractivity contribution >= 4 is 27.5 Å². The standard InChI is InChI=1S/C9H7FN4OS/c10-6-3-1-2-5(4-6)7(15)12-9-14-13-8(11)16-9/h1-4H,(H2,11,13)(H,12,14,15). The second-order valence-corrected chi connectivity index (χ2v) is 3.92. The summed E-state index contributed by atoms with van der Waals surface area (Å²) in [6.07, 6.45) is 0. The molecule has 82 valence electrons. The molecule has 0 saturated carbocycles. The van der Waals surface area contributed by atoms with E-state index in [2.05, 4.69) is 15.5 Å². The Morgan fingerprint density at radius 1 is 1.44 bits per heavy atom. The highest BCUT2D eigenvalue weighted by Gasteiger charge is 2.09. The van der Waals surface area contributed by atoms with Crippen LogP contribution in [0.5, 0.6) is 0 Å². The summed E-state index contributed by atoms with van der Waals surface area (Å²) in [6, 6.07) is 5.36. The maximum Gasteiger partial charge on any atom is 0.257 e. The SMILES string of the molecule is Nc1nnc(NC(=O)c2cccc(F)c2)s1. The van der Waals surface area contributed by atoms with Crippen molar-refractivity contribution < 1.29 is 9.18 Å². The van der Waals surface area contributed by atoms with Gasteiger partial charge in [0.05, 0.1) is 0 Å². The first-order chi connectivity index (χ1) is 7.65. The lowest BCUT2D eigenvalue weighted by Crippen LogP contribution is -2.11. The van der Waals surface area contributed by atoms with E-state index < -0.39 is 11.7 Å². The number of carbonyl (C=O) groups excluding carboxylic acids is 1. The summed E-state index contributed by atoms with van der Waals surface area (Å²) in [5.74, 6) is -0.917. The highest BCUT2D eigenvalue weighted by Crippen LogP contribution is 2.17. The number of benzene rings is 1. The quantitative estimate of drug-likeness (QED) is 0.831. The van der Waals surface area contributed by atoms with Crippen molar-refractivity contribution in [3.05, 3.63) is 35.6 Å². The van der Waals surface area contributed by atoms with Crippen LogP contribution >= 0.6 is 11.3 Å². The van der Waals surface area contributed by atoms with E-state index in [9.17, 15) is 9.18 Å². The molecule has 7 heteroatoms. The number of nitrogens with one attached hydrogen (secondary N) is 1. The van der Waals surface area contributed by atoms with E-state index >= 15 is 0 Å². The van der Waals surface area contributed by atoms with Crippen LogP contribution in [0, 0.1) is 5.82 Å². The predicted octanol–water partition coefficient (Wildman–Crippen LogP) is 1.51. The number of hydrogen-bond donors (Lipinski definition) is 2. The number of aromatic nitrogens is 2. The normalized spacial score (nSPS) is 10.1. The Morgan fingerprint density at radius 2 is 2.25 bits per heavy atom. The molecule has 0 fully saturated rings. The van der Waals surface area contributed by atoms with E-state index in [-0.39, 0.29) is 15.8 Å². The molecule has 1 heterocycles. The number of nitrogen functional groups attached to an aromatic ring is 1. The number of carbonyl (C=O) groups is 1. The van der Waals surface area contributed by atoms with Gasteiger partial charge in [0.2, 0.25) is 10.3 Å². The zero-order chi connectivity index (χ0) is 11.5. The monoisotopic (exact) mass is 238 g/mol. The topological polar surface area (TPSA) is 80.9 Å². The molecule has 3 N–H and O–H groups in total. The predicted molar refractivity (Wildman–Crippen MR) is 58.7 cm³/mol. The van der Waals surface area contributed by atoms with Crippen molar-refractivity contribution in [3.8, 4) is 0 Å². The molecule has 0 aliphatic carbocycles. The molecule has 16 heavy (non-hydrogen) atoms. The summed E-state index contributed by atoms with van der Waals surface area (Å²) in [5.41, 5.74) is 5.57. The second-order valence-electron chi connectivity index (χ2n) is 2.91. The fourth-order valence-electron chi connectivity index (χ4n) is 1.08. The van der Waals surface area contributed by atoms with Gasteiger partial charge < -0.3 is 5.73 Å². The molecule has 0 spiro atoms. The fraction of sp³-hybridized carbons (Fsp3) is 0. The van der Waals surface area contributed by atoms with E-state index in [0.29, 0.717) is 0 Å². The molecule has 1 aromatic carbocycles. The summed E-state index contributed by atoms with van der Waals surface area (Å²) in [7, 11) is 0. The van der Waals surface area contributed by atoms with Crippen LogP contribution in [0.1, 0.15) is 10.4 Å². The van der Waals surface area contributed by atoms with Gasteiger partial charge in [-0.1, -0.05) is 17.4 Å². The lowest BCUT2D eigenvalue weighted by molar-refractivity contribution is 0.102. The minimum atomic E-state index is -0.468. The summed E-state index contributed by atoms with van der Waals surface area (Å²) in [5, 5.41) is 10.2. The van der Waals surface area contributed by atoms with Crippen molar-refractivity contribution in [2.45, 2.75) is 0 Å². The number of anilines is 2. The number of rotatable bonds is 2. The molecule has 0 bridgehead atoms. The Bertz CT molecular complexity index is 528. The average molecular weight is 238 g/mol. The molecule has 2 rings (SSSR count). The number of nitrogens with two attached hydrogens (primary N) is 1. The first kappa shape index (κ1) is 10.5. The average Bonchev–Trinajstić information content (AvgIpc) is 2.64. The molecule has 1 amide bonds. The lowest BCUT2D eigenvalue weighted by atomic mass is 10.2. The van der Waals surface area contributed by atoms with Crippen molar-refractivity contribution in [2.24, 2.45) is 0 Å². The zero-order valence-corrected chi connectivity index (χ0v) is 8.79. The van der Waals surface area contributed by atoms with Gasteiger partial charge in [-0.15, -0.1) is 10.2 Å². The van der Waals surface area contributed by atoms with Crippen molar-refractivity contribution in [1.29, 1.82) is 0 Å². The Morgan fingerprint density at radius 3 is 2.88 bits per heavy atom. The van der Waals surface area contributed by atoms with Crippen molar-refractivity contribution in [3.63, 3.8) is 0 Å². The van der Waals surface area contributed by atoms with Crippen LogP contribution in [0.25, 0.3) is 0 Å². The Hall–Kier alpha value is -2.02. The maximum atomic E-state index is 12.8. The molecule has 5 nitrogen and oxygen atoms in total. The summed E-state index contributed by atoms with van der Waals surface area (Å²) in [4.78, 5) is 11.6. The molecule has 0 atom stereocenters. The number of halogens is 1. The third-order valence-electron chi connectivity index (χ3n) is 1.75. The van der Waals surface area contributed by atoms with E-state index in [0.717, 1.165) is 17.4 Å². The number of amides is 1. The van der Waals surface area contributed by atoms with Gasteiger partial charge in [-0.2, -0.15) is 0 Å². The van der Waals surface area contributed by atoms with Crippen LogP contribution in [0.15, 0.2) is 24.3 Å². The van der Waals surface area contributed by atoms with Crippen molar-refractivity contribution in [1.82, 2.24) is 10.2 Å². The Labute approximate surface area is 94.1 Å². The van der Waals surface area contributed by atoms with Gasteiger partial charge in [0.15, 0.2) is 0 Å². The largest absolute Gasteiger partial charge is 0.374 e. The van der Waals surface area contributed by atoms with Gasteiger partial charge in [-0.05, 0) is 18.2 Å². The minimum Gasteiger partial charge on any atom is -0.374 e. The second kappa shape index (κ2) is 4.23. The lowest BCUT2D eigenvalue weighted by Gasteiger charge is -2.00. The summed E-state index contributed by atoms with van der Waals surface area (Å²) < 4.78 is 12.8. The van der Waals surface area contributed by atoms with E-state index in [1.54, 1.807) is 0 Å². The molecule has 0 unspecified atom stereocenters. The van der Waals surface area contributed by atoms with E-state index in [1.165, 1.54) is 18.2 Å². The van der Waals surface area contributed by atoms with E-state index in [4.69, 9.17) is 5.73 Å². The van der Waals surface area contributed by atoms with Gasteiger partial charge in [0.25, 0.3) is 5.91 Å². The van der Waals surface area contributed by atoms with E-state index in [1.807, 2.05) is 0 Å². The molecule has 1 aromatic heterocycles. The number of nitrogens with zero attached hydrogens (tertiary/aromatic N) is 2. The first-order valence-corrected chi connectivity index (χ1v) is 5.13. The molecule has 2 aromatic rings. The van der Waals surface area contributed by atoms with Gasteiger partial charge in [-0.25, -0.2) is 4.39 Å². The zero-order valence-electron chi connectivity index (χ0n) is 7.98. The maximum absolute atomic E-state index is 12.8. The van der Waals surface area contributed by atoms with Crippen LogP contribution < -0.4 is 11.1 Å². The Balaban J connectivity index is 2.14. The first-order valence-electron chi connectivity index (χ1n) is 4.31. The third-order valence-corrected chi connectivity index (χ3v) is 2.42. The van der Waals surface area contributed by atoms with Crippen LogP contribution in [0.3, 0.4) is 0 Å². The summed E-state index contributed by atoms with van der Waals surface area (Å²) in [6.45, 7) is 0. The molecular formula is C9H7FN4OS. The van der Waals surface area contributed by atoms with Gasteiger partial charge in [0, 0.05) is 5.56 Å². The Kier molecular flexibility index (Phi) is 2.78. The van der Waals surface area contributed by atoms with Gasteiger partial charge in [-0.3, -0.25) is 10.1 Å². The fourth-order valence-corrected chi connectivity index (χ4v) is 1.59. The van der Waals surface area contributed by atoms with Crippen LogP contribution in [-0.4, -0.2) is 16.1 Å². The van der Waals surface area contributed by atoms with Gasteiger partial charge in [0.1, 0.15) is 5.82 Å². The molecule has 0 aliphatic heterocycles. The minimum absolute atomic E-state index is 0.216. The summed E-state index contributed by atoms with van der Waals surface area (Å²) >= 11 is 1.04. The highest BCUT2D eigenvalue weighted by atomic mass is 32.1. The van der Waals surface area contributed by atoms with Crippen LogP contribution in [0.4, 0.5) is 14.7 Å². The smallest absolute Gasteiger partial charge is 0.257 e. The van der Waals surface area contributed by atoms with Crippen molar-refractivity contribution in [2.75, 3.05) is 11.1 Å². The highest BCUT2D eigenvalue weighted by molar-refractivity contribution is 7.19. The molecule has 0 radical (unpaired) electrons. The number of hydrogen-bond acceptors (Lipinski definition) is 5.